The van der Waals surface area contributed by atoms with Crippen molar-refractivity contribution in [2.75, 3.05) is 6.61 Å². The smallest absolute Gasteiger partial charge is 0.466 e. The fraction of sp³-hybridized carbons (Fsp3) is 0.455. The summed E-state index contributed by atoms with van der Waals surface area (Å²) >= 11 is 5.53. The Balaban J connectivity index is 3.09. The van der Waals surface area contributed by atoms with Gasteiger partial charge in [0.15, 0.2) is 5.75 Å². The topological polar surface area (TPSA) is 68.4 Å². The highest BCUT2D eigenvalue weighted by molar-refractivity contribution is 6.17. The Morgan fingerprint density at radius 3 is 2.60 bits per heavy atom. The Labute approximate surface area is 116 Å². The van der Waals surface area contributed by atoms with Gasteiger partial charge >= 0.3 is 12.3 Å². The molecule has 112 valence electrons. The van der Waals surface area contributed by atoms with Crippen LogP contribution in [-0.2, 0) is 21.8 Å². The van der Waals surface area contributed by atoms with Gasteiger partial charge in [-0.3, -0.25) is 9.59 Å². The van der Waals surface area contributed by atoms with E-state index in [1.54, 1.807) is 6.92 Å². The summed E-state index contributed by atoms with van der Waals surface area (Å²) in [5, 5.41) is 0. The summed E-state index contributed by atoms with van der Waals surface area (Å²) in [7, 11) is 0. The Bertz CT molecular complexity index is 541. The van der Waals surface area contributed by atoms with Gasteiger partial charge in [-0.05, 0) is 6.92 Å². The highest BCUT2D eigenvalue weighted by atomic mass is 35.5. The molecule has 1 aromatic rings. The zero-order valence-corrected chi connectivity index (χ0v) is 11.1. The van der Waals surface area contributed by atoms with E-state index in [4.69, 9.17) is 11.6 Å². The van der Waals surface area contributed by atoms with E-state index in [1.807, 2.05) is 0 Å². The minimum Gasteiger partial charge on any atom is -0.466 e. The molecule has 0 bridgehead atoms. The first-order valence-corrected chi connectivity index (χ1v) is 6.02. The van der Waals surface area contributed by atoms with Crippen molar-refractivity contribution in [2.45, 2.75) is 25.6 Å². The maximum atomic E-state index is 12.1. The van der Waals surface area contributed by atoms with Gasteiger partial charge in [0.05, 0.1) is 18.9 Å². The van der Waals surface area contributed by atoms with Crippen LogP contribution < -0.4 is 10.2 Å². The molecule has 0 aliphatic carbocycles. The molecule has 0 radical (unpaired) electrons. The van der Waals surface area contributed by atoms with Crippen molar-refractivity contribution < 1.29 is 27.4 Å². The average molecular weight is 314 g/mol. The van der Waals surface area contributed by atoms with Gasteiger partial charge in [-0.25, -0.2) is 0 Å². The monoisotopic (exact) mass is 313 g/mol. The van der Waals surface area contributed by atoms with Crippen LogP contribution in [0.1, 0.15) is 18.2 Å². The van der Waals surface area contributed by atoms with Gasteiger partial charge in [-0.15, -0.1) is 24.8 Å². The van der Waals surface area contributed by atoms with Gasteiger partial charge < -0.3 is 14.5 Å². The second kappa shape index (κ2) is 6.65. The van der Waals surface area contributed by atoms with Crippen molar-refractivity contribution in [3.05, 3.63) is 27.7 Å². The highest BCUT2D eigenvalue weighted by Crippen LogP contribution is 2.20. The third kappa shape index (κ3) is 4.44. The molecule has 1 N–H and O–H groups in total. The minimum absolute atomic E-state index is 0.0953. The Hall–Kier alpha value is -1.70. The van der Waals surface area contributed by atoms with Crippen LogP contribution in [0.2, 0.25) is 0 Å². The molecule has 0 aromatic carbocycles. The van der Waals surface area contributed by atoms with Crippen LogP contribution >= 0.6 is 11.6 Å². The lowest BCUT2D eigenvalue weighted by Gasteiger charge is -2.11. The summed E-state index contributed by atoms with van der Waals surface area (Å²) in [6.45, 7) is 1.75. The molecular weight excluding hydrogens is 303 g/mol. The van der Waals surface area contributed by atoms with E-state index in [9.17, 15) is 22.8 Å². The molecule has 5 nitrogen and oxygen atoms in total. The summed E-state index contributed by atoms with van der Waals surface area (Å²) in [6, 6.07) is 0. The first-order valence-electron chi connectivity index (χ1n) is 5.49. The van der Waals surface area contributed by atoms with Crippen LogP contribution in [-0.4, -0.2) is 23.9 Å². The number of H-pyrrole nitrogens is 1. The fourth-order valence-corrected chi connectivity index (χ4v) is 1.73. The van der Waals surface area contributed by atoms with Crippen LogP contribution in [0.25, 0.3) is 0 Å². The van der Waals surface area contributed by atoms with Crippen molar-refractivity contribution in [3.8, 4) is 5.75 Å². The first-order chi connectivity index (χ1) is 9.28. The van der Waals surface area contributed by atoms with E-state index in [0.29, 0.717) is 0 Å². The van der Waals surface area contributed by atoms with E-state index in [0.717, 1.165) is 6.20 Å². The number of pyridine rings is 1. The predicted molar refractivity (Wildman–Crippen MR) is 63.6 cm³/mol. The number of carbonyl (C=O) groups excluding carboxylic acids is 1. The normalized spacial score (nSPS) is 11.2. The van der Waals surface area contributed by atoms with Gasteiger partial charge in [0.2, 0.25) is 5.43 Å². The molecule has 0 aliphatic rings. The number of hydrogen-bond donors (Lipinski definition) is 1. The molecular formula is C11H11ClF3NO4. The molecule has 0 unspecified atom stereocenters. The van der Waals surface area contributed by atoms with Crippen LogP contribution in [0.3, 0.4) is 0 Å². The SMILES string of the molecule is CCOC(=O)Cc1[nH]cc(OC(F)(F)F)c(=O)c1CCl. The zero-order chi connectivity index (χ0) is 15.3. The lowest BCUT2D eigenvalue weighted by atomic mass is 10.1. The predicted octanol–water partition coefficient (Wildman–Crippen LogP) is 2.12. The number of halogens is 4. The van der Waals surface area contributed by atoms with Crippen LogP contribution in [0, 0.1) is 0 Å². The third-order valence-corrected chi connectivity index (χ3v) is 2.49. The van der Waals surface area contributed by atoms with Crippen LogP contribution in [0.4, 0.5) is 13.2 Å². The van der Waals surface area contributed by atoms with Crippen molar-refractivity contribution in [2.24, 2.45) is 0 Å². The maximum Gasteiger partial charge on any atom is 0.573 e. The lowest BCUT2D eigenvalue weighted by molar-refractivity contribution is -0.275. The zero-order valence-electron chi connectivity index (χ0n) is 10.3. The van der Waals surface area contributed by atoms with E-state index in [-0.39, 0.29) is 30.2 Å². The molecule has 0 amide bonds. The summed E-state index contributed by atoms with van der Waals surface area (Å²) in [5.41, 5.74) is -1.09. The summed E-state index contributed by atoms with van der Waals surface area (Å²) in [6.07, 6.45) is -4.54. The van der Waals surface area contributed by atoms with Gasteiger partial charge in [0.25, 0.3) is 0 Å². The van der Waals surface area contributed by atoms with Crippen LogP contribution in [0.15, 0.2) is 11.0 Å². The van der Waals surface area contributed by atoms with Gasteiger partial charge in [0.1, 0.15) is 0 Å². The van der Waals surface area contributed by atoms with Gasteiger partial charge in [-0.2, -0.15) is 0 Å². The standard InChI is InChI=1S/C11H11ClF3NO4/c1-2-19-9(17)3-7-6(4-12)10(18)8(5-16-7)20-11(13,14)15/h5H,2-4H2,1H3,(H,16,18). The first kappa shape index (κ1) is 16.4. The highest BCUT2D eigenvalue weighted by Gasteiger charge is 2.33. The van der Waals surface area contributed by atoms with E-state index in [1.165, 1.54) is 0 Å². The number of aromatic amines is 1. The van der Waals surface area contributed by atoms with E-state index >= 15 is 0 Å². The Morgan fingerprint density at radius 2 is 2.10 bits per heavy atom. The molecule has 0 aliphatic heterocycles. The summed E-state index contributed by atoms with van der Waals surface area (Å²) in [5.74, 6) is -1.92. The minimum atomic E-state index is -4.99. The van der Waals surface area contributed by atoms with Gasteiger partial charge in [0, 0.05) is 17.5 Å². The number of rotatable bonds is 5. The number of ether oxygens (including phenoxy) is 2. The second-order valence-corrected chi connectivity index (χ2v) is 3.87. The summed E-state index contributed by atoms with van der Waals surface area (Å²) in [4.78, 5) is 25.5. The van der Waals surface area contributed by atoms with E-state index in [2.05, 4.69) is 14.5 Å². The van der Waals surface area contributed by atoms with Crippen molar-refractivity contribution >= 4 is 17.6 Å². The molecule has 1 aromatic heterocycles. The maximum absolute atomic E-state index is 12.1. The number of hydrogen-bond acceptors (Lipinski definition) is 4. The molecule has 1 rings (SSSR count). The molecule has 0 fully saturated rings. The average Bonchev–Trinajstić information content (AvgIpc) is 2.32. The summed E-state index contributed by atoms with van der Waals surface area (Å²) < 4.78 is 44.5. The number of esters is 1. The second-order valence-electron chi connectivity index (χ2n) is 3.60. The van der Waals surface area contributed by atoms with Crippen LogP contribution in [0.5, 0.6) is 5.75 Å². The molecule has 0 spiro atoms. The van der Waals surface area contributed by atoms with Crippen molar-refractivity contribution in [1.29, 1.82) is 0 Å². The molecule has 0 saturated heterocycles. The fourth-order valence-electron chi connectivity index (χ4n) is 1.45. The molecule has 9 heteroatoms. The Morgan fingerprint density at radius 1 is 1.45 bits per heavy atom. The van der Waals surface area contributed by atoms with E-state index < -0.39 is 23.5 Å². The number of carbonyl (C=O) groups is 1. The number of alkyl halides is 4. The number of aromatic nitrogens is 1. The van der Waals surface area contributed by atoms with Crippen molar-refractivity contribution in [1.82, 2.24) is 4.98 Å². The molecule has 1 heterocycles. The largest absolute Gasteiger partial charge is 0.573 e. The van der Waals surface area contributed by atoms with Crippen molar-refractivity contribution in [3.63, 3.8) is 0 Å². The molecule has 0 saturated carbocycles. The quantitative estimate of drug-likeness (QED) is 0.668. The lowest BCUT2D eigenvalue weighted by Crippen LogP contribution is -2.25. The third-order valence-electron chi connectivity index (χ3n) is 2.23. The van der Waals surface area contributed by atoms with Gasteiger partial charge in [-0.1, -0.05) is 0 Å². The Kier molecular flexibility index (Phi) is 5.43. The number of nitrogens with one attached hydrogen (secondary N) is 1. The molecule has 20 heavy (non-hydrogen) atoms. The molecule has 0 atom stereocenters.